The van der Waals surface area contributed by atoms with Crippen LogP contribution in [0.4, 0.5) is 11.8 Å². The molecule has 1 aliphatic carbocycles. The van der Waals surface area contributed by atoms with Crippen LogP contribution in [0.5, 0.6) is 0 Å². The summed E-state index contributed by atoms with van der Waals surface area (Å²) < 4.78 is 0.851. The van der Waals surface area contributed by atoms with Crippen molar-refractivity contribution >= 4 is 27.7 Å². The van der Waals surface area contributed by atoms with Crippen molar-refractivity contribution in [2.75, 3.05) is 10.7 Å². The number of nitrogen functional groups attached to an aromatic ring is 1. The molecule has 1 unspecified atom stereocenters. The molecule has 1 aliphatic rings. The lowest BCUT2D eigenvalue weighted by Gasteiger charge is -2.09. The van der Waals surface area contributed by atoms with E-state index < -0.39 is 0 Å². The van der Waals surface area contributed by atoms with Crippen molar-refractivity contribution in [3.05, 3.63) is 10.7 Å². The van der Waals surface area contributed by atoms with Gasteiger partial charge in [0, 0.05) is 12.2 Å². The first-order chi connectivity index (χ1) is 7.03. The maximum absolute atomic E-state index is 5.25. The molecule has 4 N–H and O–H groups in total. The van der Waals surface area contributed by atoms with E-state index in [1.54, 1.807) is 6.20 Å². The number of rotatable bonds is 3. The molecule has 82 valence electrons. The van der Waals surface area contributed by atoms with Gasteiger partial charge in [-0.2, -0.15) is 4.98 Å². The number of hydrazine groups is 1. The van der Waals surface area contributed by atoms with E-state index in [-0.39, 0.29) is 0 Å². The van der Waals surface area contributed by atoms with E-state index in [2.05, 4.69) is 50.5 Å². The fourth-order valence-electron chi connectivity index (χ4n) is 1.42. The summed E-state index contributed by atoms with van der Waals surface area (Å²) in [5, 5.41) is 3.36. The topological polar surface area (TPSA) is 75.9 Å². The van der Waals surface area contributed by atoms with Crippen LogP contribution in [0.2, 0.25) is 0 Å². The Labute approximate surface area is 97.0 Å². The molecule has 0 radical (unpaired) electrons. The van der Waals surface area contributed by atoms with Gasteiger partial charge in [0.25, 0.3) is 0 Å². The first kappa shape index (κ1) is 10.6. The molecular weight excluding hydrogens is 258 g/mol. The van der Waals surface area contributed by atoms with Crippen molar-refractivity contribution in [2.45, 2.75) is 26.3 Å². The Bertz CT molecular complexity index is 379. The molecule has 1 aromatic rings. The average Bonchev–Trinajstić information content (AvgIpc) is 2.78. The second-order valence-corrected chi connectivity index (χ2v) is 5.28. The smallest absolute Gasteiger partial charge is 0.239 e. The number of nitrogens with one attached hydrogen (secondary N) is 2. The Kier molecular flexibility index (Phi) is 2.56. The van der Waals surface area contributed by atoms with Gasteiger partial charge in [0.2, 0.25) is 5.95 Å². The number of halogens is 1. The van der Waals surface area contributed by atoms with Crippen LogP contribution < -0.4 is 16.6 Å². The zero-order valence-corrected chi connectivity index (χ0v) is 10.3. The third kappa shape index (κ3) is 2.21. The molecular formula is C9H14BrN5. The van der Waals surface area contributed by atoms with Crippen molar-refractivity contribution in [1.29, 1.82) is 0 Å². The lowest BCUT2D eigenvalue weighted by atomic mass is 10.2. The van der Waals surface area contributed by atoms with Crippen LogP contribution in [0, 0.1) is 5.41 Å². The Balaban J connectivity index is 2.14. The van der Waals surface area contributed by atoms with Crippen LogP contribution in [-0.4, -0.2) is 16.0 Å². The Morgan fingerprint density at radius 1 is 1.60 bits per heavy atom. The maximum Gasteiger partial charge on any atom is 0.239 e. The predicted molar refractivity (Wildman–Crippen MR) is 63.4 cm³/mol. The number of hydrogen-bond acceptors (Lipinski definition) is 5. The van der Waals surface area contributed by atoms with Crippen LogP contribution in [0.15, 0.2) is 10.7 Å². The Morgan fingerprint density at radius 3 is 2.80 bits per heavy atom. The van der Waals surface area contributed by atoms with Crippen LogP contribution >= 0.6 is 15.9 Å². The van der Waals surface area contributed by atoms with Gasteiger partial charge < -0.3 is 5.32 Å². The predicted octanol–water partition coefficient (Wildman–Crippen LogP) is 1.74. The van der Waals surface area contributed by atoms with Crippen LogP contribution in [-0.2, 0) is 0 Å². The summed E-state index contributed by atoms with van der Waals surface area (Å²) >= 11 is 3.40. The molecule has 0 amide bonds. The van der Waals surface area contributed by atoms with Gasteiger partial charge in [-0.25, -0.2) is 10.8 Å². The van der Waals surface area contributed by atoms with Gasteiger partial charge in [-0.3, -0.25) is 5.43 Å². The quantitative estimate of drug-likeness (QED) is 0.577. The molecule has 1 heterocycles. The zero-order chi connectivity index (χ0) is 11.1. The van der Waals surface area contributed by atoms with Crippen LogP contribution in [0.1, 0.15) is 20.3 Å². The monoisotopic (exact) mass is 271 g/mol. The summed E-state index contributed by atoms with van der Waals surface area (Å²) in [7, 11) is 0. The molecule has 15 heavy (non-hydrogen) atoms. The highest BCUT2D eigenvalue weighted by Gasteiger charge is 2.46. The van der Waals surface area contributed by atoms with Crippen molar-refractivity contribution in [2.24, 2.45) is 11.3 Å². The van der Waals surface area contributed by atoms with E-state index in [1.165, 1.54) is 0 Å². The Hall–Kier alpha value is -0.880. The minimum Gasteiger partial charge on any atom is -0.366 e. The van der Waals surface area contributed by atoms with Crippen LogP contribution in [0.3, 0.4) is 0 Å². The van der Waals surface area contributed by atoms with E-state index in [0.29, 0.717) is 17.4 Å². The van der Waals surface area contributed by atoms with E-state index in [4.69, 9.17) is 5.84 Å². The van der Waals surface area contributed by atoms with Gasteiger partial charge in [-0.1, -0.05) is 13.8 Å². The highest BCUT2D eigenvalue weighted by Crippen LogP contribution is 2.46. The summed E-state index contributed by atoms with van der Waals surface area (Å²) in [5.74, 6) is 6.45. The number of anilines is 2. The van der Waals surface area contributed by atoms with Crippen LogP contribution in [0.25, 0.3) is 0 Å². The summed E-state index contributed by atoms with van der Waals surface area (Å²) in [5.41, 5.74) is 2.79. The summed E-state index contributed by atoms with van der Waals surface area (Å²) in [6.07, 6.45) is 2.84. The molecule has 1 atom stereocenters. The third-order valence-corrected chi connectivity index (χ3v) is 3.28. The molecule has 6 heteroatoms. The fraction of sp³-hybridized carbons (Fsp3) is 0.556. The molecule has 1 fully saturated rings. The molecule has 5 nitrogen and oxygen atoms in total. The van der Waals surface area contributed by atoms with Crippen molar-refractivity contribution in [1.82, 2.24) is 9.97 Å². The maximum atomic E-state index is 5.25. The molecule has 0 aromatic carbocycles. The Morgan fingerprint density at radius 2 is 2.27 bits per heavy atom. The number of aromatic nitrogens is 2. The lowest BCUT2D eigenvalue weighted by Crippen LogP contribution is -2.14. The average molecular weight is 272 g/mol. The first-order valence-electron chi connectivity index (χ1n) is 4.78. The van der Waals surface area contributed by atoms with Crippen molar-refractivity contribution in [3.63, 3.8) is 0 Å². The molecule has 1 aromatic heterocycles. The zero-order valence-electron chi connectivity index (χ0n) is 8.71. The molecule has 0 aliphatic heterocycles. The van der Waals surface area contributed by atoms with Gasteiger partial charge in [0.15, 0.2) is 0 Å². The molecule has 0 spiro atoms. The van der Waals surface area contributed by atoms with Crippen molar-refractivity contribution < 1.29 is 0 Å². The summed E-state index contributed by atoms with van der Waals surface area (Å²) in [4.78, 5) is 8.22. The van der Waals surface area contributed by atoms with Gasteiger partial charge in [-0.05, 0) is 27.8 Å². The van der Waals surface area contributed by atoms with Crippen molar-refractivity contribution in [3.8, 4) is 0 Å². The first-order valence-corrected chi connectivity index (χ1v) is 5.58. The SMILES string of the molecule is CC1(C)CC1Nc1nc(NN)ncc1Br. The van der Waals surface area contributed by atoms with E-state index in [1.807, 2.05) is 0 Å². The fourth-order valence-corrected chi connectivity index (χ4v) is 1.72. The third-order valence-electron chi connectivity index (χ3n) is 2.70. The summed E-state index contributed by atoms with van der Waals surface area (Å²) in [6.45, 7) is 4.45. The van der Waals surface area contributed by atoms with E-state index in [9.17, 15) is 0 Å². The highest BCUT2D eigenvalue weighted by atomic mass is 79.9. The molecule has 1 saturated carbocycles. The largest absolute Gasteiger partial charge is 0.366 e. The standard InChI is InChI=1S/C9H14BrN5/c1-9(2)3-6(9)13-7-5(10)4-12-8(14-7)15-11/h4,6H,3,11H2,1-2H3,(H2,12,13,14,15). The van der Waals surface area contributed by atoms with Gasteiger partial charge in [-0.15, -0.1) is 0 Å². The molecule has 0 bridgehead atoms. The van der Waals surface area contributed by atoms with E-state index >= 15 is 0 Å². The number of hydrogen-bond donors (Lipinski definition) is 3. The second-order valence-electron chi connectivity index (χ2n) is 4.42. The minimum absolute atomic E-state index is 0.362. The van der Waals surface area contributed by atoms with Gasteiger partial charge in [0.05, 0.1) is 4.47 Å². The number of nitrogens with zero attached hydrogens (tertiary/aromatic N) is 2. The summed E-state index contributed by atoms with van der Waals surface area (Å²) in [6, 6.07) is 0.481. The van der Waals surface area contributed by atoms with Gasteiger partial charge in [0.1, 0.15) is 5.82 Å². The molecule has 2 rings (SSSR count). The second kappa shape index (κ2) is 3.61. The van der Waals surface area contributed by atoms with Gasteiger partial charge >= 0.3 is 0 Å². The van der Waals surface area contributed by atoms with E-state index in [0.717, 1.165) is 16.7 Å². The normalized spacial score (nSPS) is 22.3. The lowest BCUT2D eigenvalue weighted by molar-refractivity contribution is 0.629. The number of nitrogens with two attached hydrogens (primary N) is 1. The highest BCUT2D eigenvalue weighted by molar-refractivity contribution is 9.10. The minimum atomic E-state index is 0.362. The molecule has 0 saturated heterocycles.